The first-order valence-electron chi connectivity index (χ1n) is 3.29. The normalized spacial score (nSPS) is 9.58. The largest absolute Gasteiger partial charge is 0.504 e. The van der Waals surface area contributed by atoms with Crippen molar-refractivity contribution in [1.29, 1.82) is 0 Å². The fraction of sp³-hybridized carbons (Fsp3) is 0.250. The van der Waals surface area contributed by atoms with Gasteiger partial charge in [-0.2, -0.15) is 0 Å². The molecule has 0 aliphatic rings. The first-order chi connectivity index (χ1) is 5.69. The molecule has 1 aromatic carbocycles. The Bertz CT molecular complexity index is 286. The number of phenolic OH excluding ortho intramolecular Hbond substituents is 1. The van der Waals surface area contributed by atoms with Gasteiger partial charge in [0.2, 0.25) is 0 Å². The van der Waals surface area contributed by atoms with Crippen molar-refractivity contribution in [2.75, 3.05) is 14.2 Å². The van der Waals surface area contributed by atoms with Crippen LogP contribution in [0.25, 0.3) is 0 Å². The fourth-order valence-electron chi connectivity index (χ4n) is 0.824. The summed E-state index contributed by atoms with van der Waals surface area (Å²) in [6.07, 6.45) is 0. The van der Waals surface area contributed by atoms with E-state index in [0.29, 0.717) is 15.1 Å². The molecule has 0 aliphatic carbocycles. The lowest BCUT2D eigenvalue weighted by Crippen LogP contribution is -1.89. The Morgan fingerprint density at radius 1 is 1.25 bits per heavy atom. The smallest absolute Gasteiger partial charge is 0.171 e. The average molecular weight is 280 g/mol. The topological polar surface area (TPSA) is 38.7 Å². The van der Waals surface area contributed by atoms with Crippen LogP contribution in [0.5, 0.6) is 17.2 Å². The van der Waals surface area contributed by atoms with Crippen LogP contribution in [0.2, 0.25) is 0 Å². The van der Waals surface area contributed by atoms with Crippen LogP contribution in [0.15, 0.2) is 12.1 Å². The number of hydrogen-bond acceptors (Lipinski definition) is 3. The number of methoxy groups -OCH3 is 2. The van der Waals surface area contributed by atoms with Crippen LogP contribution in [-0.2, 0) is 0 Å². The Labute approximate surface area is 84.4 Å². The highest BCUT2D eigenvalue weighted by molar-refractivity contribution is 14.1. The third-order valence-electron chi connectivity index (χ3n) is 1.46. The monoisotopic (exact) mass is 280 g/mol. The van der Waals surface area contributed by atoms with Gasteiger partial charge in [0.05, 0.1) is 17.8 Å². The Hall–Kier alpha value is -0.650. The van der Waals surface area contributed by atoms with Gasteiger partial charge in [-0.15, -0.1) is 0 Å². The van der Waals surface area contributed by atoms with Crippen LogP contribution in [-0.4, -0.2) is 19.3 Å². The van der Waals surface area contributed by atoms with Gasteiger partial charge in [-0.05, 0) is 28.7 Å². The number of hydrogen-bond donors (Lipinski definition) is 1. The number of ether oxygens (including phenoxy) is 2. The summed E-state index contributed by atoms with van der Waals surface area (Å²) in [5, 5.41) is 9.43. The quantitative estimate of drug-likeness (QED) is 0.842. The molecule has 1 N–H and O–H groups in total. The molecule has 0 saturated carbocycles. The van der Waals surface area contributed by atoms with Crippen molar-refractivity contribution in [3.8, 4) is 17.2 Å². The molecule has 4 heteroatoms. The molecule has 0 aliphatic heterocycles. The van der Waals surface area contributed by atoms with E-state index in [2.05, 4.69) is 0 Å². The van der Waals surface area contributed by atoms with E-state index in [-0.39, 0.29) is 5.75 Å². The van der Waals surface area contributed by atoms with Crippen LogP contribution in [0.3, 0.4) is 0 Å². The molecular weight excluding hydrogens is 271 g/mol. The molecule has 0 heterocycles. The predicted octanol–water partition coefficient (Wildman–Crippen LogP) is 2.01. The number of benzene rings is 1. The summed E-state index contributed by atoms with van der Waals surface area (Å²) in [5.41, 5.74) is 0. The zero-order valence-corrected chi connectivity index (χ0v) is 8.95. The molecule has 0 spiro atoms. The first kappa shape index (κ1) is 9.44. The van der Waals surface area contributed by atoms with Gasteiger partial charge in [0.15, 0.2) is 11.5 Å². The highest BCUT2D eigenvalue weighted by Crippen LogP contribution is 2.34. The molecule has 0 atom stereocenters. The number of halogens is 1. The van der Waals surface area contributed by atoms with Crippen LogP contribution in [0.4, 0.5) is 0 Å². The zero-order chi connectivity index (χ0) is 9.14. The summed E-state index contributed by atoms with van der Waals surface area (Å²) in [4.78, 5) is 0. The standard InChI is InChI=1S/C8H9IO3/c1-11-5-3-6(9)8(10)7(4-5)12-2/h3-4,10H,1-2H3. The second-order valence-corrected chi connectivity index (χ2v) is 3.32. The highest BCUT2D eigenvalue weighted by Gasteiger charge is 2.07. The molecule has 1 aromatic rings. The van der Waals surface area contributed by atoms with E-state index in [1.807, 2.05) is 22.6 Å². The maximum Gasteiger partial charge on any atom is 0.171 e. The second-order valence-electron chi connectivity index (χ2n) is 2.16. The Balaban J connectivity index is 3.19. The van der Waals surface area contributed by atoms with Crippen LogP contribution in [0.1, 0.15) is 0 Å². The van der Waals surface area contributed by atoms with Gasteiger partial charge in [0, 0.05) is 6.07 Å². The SMILES string of the molecule is COc1cc(I)c(O)c(OC)c1. The minimum Gasteiger partial charge on any atom is -0.504 e. The van der Waals surface area contributed by atoms with E-state index >= 15 is 0 Å². The molecule has 3 nitrogen and oxygen atoms in total. The van der Waals surface area contributed by atoms with E-state index < -0.39 is 0 Å². The first-order valence-corrected chi connectivity index (χ1v) is 4.37. The predicted molar refractivity (Wildman–Crippen MR) is 53.9 cm³/mol. The van der Waals surface area contributed by atoms with Gasteiger partial charge in [-0.1, -0.05) is 0 Å². The van der Waals surface area contributed by atoms with Crippen molar-refractivity contribution in [3.05, 3.63) is 15.7 Å². The molecular formula is C8H9IO3. The van der Waals surface area contributed by atoms with Gasteiger partial charge in [0.1, 0.15) is 5.75 Å². The maximum atomic E-state index is 9.43. The zero-order valence-electron chi connectivity index (χ0n) is 6.80. The van der Waals surface area contributed by atoms with Crippen molar-refractivity contribution >= 4 is 22.6 Å². The summed E-state index contributed by atoms with van der Waals surface area (Å²) in [5.74, 6) is 1.26. The molecule has 0 amide bonds. The van der Waals surface area contributed by atoms with Crippen LogP contribution in [0, 0.1) is 3.57 Å². The van der Waals surface area contributed by atoms with Gasteiger partial charge < -0.3 is 14.6 Å². The van der Waals surface area contributed by atoms with E-state index in [4.69, 9.17) is 9.47 Å². The van der Waals surface area contributed by atoms with E-state index in [9.17, 15) is 5.11 Å². The third-order valence-corrected chi connectivity index (χ3v) is 2.28. The average Bonchev–Trinajstić information content (AvgIpc) is 2.09. The molecule has 66 valence electrons. The number of phenols is 1. The lowest BCUT2D eigenvalue weighted by atomic mass is 10.3. The molecule has 0 saturated heterocycles. The molecule has 1 rings (SSSR count). The molecule has 0 aromatic heterocycles. The summed E-state index contributed by atoms with van der Waals surface area (Å²) < 4.78 is 10.6. The Morgan fingerprint density at radius 2 is 1.92 bits per heavy atom. The third kappa shape index (κ3) is 1.74. The molecule has 0 fully saturated rings. The number of rotatable bonds is 2. The Morgan fingerprint density at radius 3 is 2.42 bits per heavy atom. The maximum absolute atomic E-state index is 9.43. The van der Waals surface area contributed by atoms with Crippen LogP contribution < -0.4 is 9.47 Å². The van der Waals surface area contributed by atoms with Crippen molar-refractivity contribution in [1.82, 2.24) is 0 Å². The van der Waals surface area contributed by atoms with Crippen molar-refractivity contribution in [3.63, 3.8) is 0 Å². The van der Waals surface area contributed by atoms with Crippen molar-refractivity contribution < 1.29 is 14.6 Å². The van der Waals surface area contributed by atoms with Crippen molar-refractivity contribution in [2.24, 2.45) is 0 Å². The van der Waals surface area contributed by atoms with Crippen molar-refractivity contribution in [2.45, 2.75) is 0 Å². The Kier molecular flexibility index (Phi) is 3.02. The molecule has 0 bridgehead atoms. The molecule has 12 heavy (non-hydrogen) atoms. The highest BCUT2D eigenvalue weighted by atomic mass is 127. The van der Waals surface area contributed by atoms with E-state index in [1.54, 1.807) is 19.2 Å². The van der Waals surface area contributed by atoms with Gasteiger partial charge in [0.25, 0.3) is 0 Å². The second kappa shape index (κ2) is 3.84. The van der Waals surface area contributed by atoms with Gasteiger partial charge in [-0.25, -0.2) is 0 Å². The van der Waals surface area contributed by atoms with Gasteiger partial charge >= 0.3 is 0 Å². The van der Waals surface area contributed by atoms with E-state index in [1.165, 1.54) is 7.11 Å². The fourth-order valence-corrected chi connectivity index (χ4v) is 1.40. The van der Waals surface area contributed by atoms with E-state index in [0.717, 1.165) is 0 Å². The minimum absolute atomic E-state index is 0.152. The lowest BCUT2D eigenvalue weighted by molar-refractivity contribution is 0.362. The lowest BCUT2D eigenvalue weighted by Gasteiger charge is -2.07. The summed E-state index contributed by atoms with van der Waals surface area (Å²) in [7, 11) is 3.08. The van der Waals surface area contributed by atoms with Gasteiger partial charge in [-0.3, -0.25) is 0 Å². The van der Waals surface area contributed by atoms with Crippen LogP contribution >= 0.6 is 22.6 Å². The molecule has 0 unspecified atom stereocenters. The summed E-state index contributed by atoms with van der Waals surface area (Å²) >= 11 is 2.01. The molecule has 0 radical (unpaired) electrons. The number of aromatic hydroxyl groups is 1. The summed E-state index contributed by atoms with van der Waals surface area (Å²) in [6, 6.07) is 3.37. The minimum atomic E-state index is 0.152. The summed E-state index contributed by atoms with van der Waals surface area (Å²) in [6.45, 7) is 0.